The predicted molar refractivity (Wildman–Crippen MR) is 66.5 cm³/mol. The summed E-state index contributed by atoms with van der Waals surface area (Å²) in [5.74, 6) is 0.312. The Bertz CT molecular complexity index is 273. The third-order valence-electron chi connectivity index (χ3n) is 3.06. The Morgan fingerprint density at radius 2 is 2.18 bits per heavy atom. The highest BCUT2D eigenvalue weighted by Crippen LogP contribution is 2.13. The molecular weight excluding hydrogens is 218 g/mol. The second kappa shape index (κ2) is 6.59. The molecule has 2 N–H and O–H groups in total. The Kier molecular flexibility index (Phi) is 5.41. The summed E-state index contributed by atoms with van der Waals surface area (Å²) in [6, 6.07) is -0.436. The molecule has 0 radical (unpaired) electrons. The fourth-order valence-corrected chi connectivity index (χ4v) is 2.11. The molecule has 5 nitrogen and oxygen atoms in total. The van der Waals surface area contributed by atoms with Gasteiger partial charge in [0.05, 0.1) is 0 Å². The van der Waals surface area contributed by atoms with Gasteiger partial charge in [0.25, 0.3) is 0 Å². The molecular formula is C12H23N3O2. The molecule has 98 valence electrons. The first kappa shape index (κ1) is 14.0. The highest BCUT2D eigenvalue weighted by molar-refractivity contribution is 5.87. The van der Waals surface area contributed by atoms with E-state index in [9.17, 15) is 9.59 Å². The SMILES string of the molecule is CC(NC(=O)CC1CCCNC1)C(=O)N(C)C. The average molecular weight is 241 g/mol. The lowest BCUT2D eigenvalue weighted by molar-refractivity contribution is -0.134. The highest BCUT2D eigenvalue weighted by atomic mass is 16.2. The summed E-state index contributed by atoms with van der Waals surface area (Å²) >= 11 is 0. The van der Waals surface area contributed by atoms with Gasteiger partial charge in [-0.2, -0.15) is 0 Å². The fourth-order valence-electron chi connectivity index (χ4n) is 2.11. The minimum Gasteiger partial charge on any atom is -0.347 e. The van der Waals surface area contributed by atoms with Gasteiger partial charge >= 0.3 is 0 Å². The van der Waals surface area contributed by atoms with Crippen LogP contribution in [0.15, 0.2) is 0 Å². The van der Waals surface area contributed by atoms with Crippen LogP contribution in [0, 0.1) is 5.92 Å². The number of carbonyl (C=O) groups is 2. The summed E-state index contributed by atoms with van der Waals surface area (Å²) in [6.07, 6.45) is 2.73. The van der Waals surface area contributed by atoms with E-state index >= 15 is 0 Å². The number of hydrogen-bond acceptors (Lipinski definition) is 3. The van der Waals surface area contributed by atoms with Crippen LogP contribution in [0.2, 0.25) is 0 Å². The molecule has 1 rings (SSSR count). The average Bonchev–Trinajstić information content (AvgIpc) is 2.28. The number of amides is 2. The van der Waals surface area contributed by atoms with Crippen molar-refractivity contribution in [2.24, 2.45) is 5.92 Å². The molecule has 0 spiro atoms. The van der Waals surface area contributed by atoms with Crippen molar-refractivity contribution in [3.8, 4) is 0 Å². The molecule has 1 fully saturated rings. The van der Waals surface area contributed by atoms with Crippen LogP contribution in [-0.2, 0) is 9.59 Å². The maximum Gasteiger partial charge on any atom is 0.244 e. The van der Waals surface area contributed by atoms with E-state index in [4.69, 9.17) is 0 Å². The van der Waals surface area contributed by atoms with Crippen LogP contribution >= 0.6 is 0 Å². The monoisotopic (exact) mass is 241 g/mol. The van der Waals surface area contributed by atoms with Gasteiger partial charge in [0.1, 0.15) is 6.04 Å². The van der Waals surface area contributed by atoms with Crippen LogP contribution in [0.5, 0.6) is 0 Å². The Hall–Kier alpha value is -1.10. The van der Waals surface area contributed by atoms with Gasteiger partial charge < -0.3 is 15.5 Å². The zero-order valence-electron chi connectivity index (χ0n) is 11.0. The van der Waals surface area contributed by atoms with E-state index in [1.54, 1.807) is 21.0 Å². The number of rotatable bonds is 4. The van der Waals surface area contributed by atoms with E-state index < -0.39 is 6.04 Å². The van der Waals surface area contributed by atoms with Gasteiger partial charge in [-0.3, -0.25) is 9.59 Å². The summed E-state index contributed by atoms with van der Waals surface area (Å²) in [5, 5.41) is 6.03. The van der Waals surface area contributed by atoms with E-state index in [0.29, 0.717) is 12.3 Å². The second-order valence-electron chi connectivity index (χ2n) is 4.94. The van der Waals surface area contributed by atoms with E-state index in [0.717, 1.165) is 25.9 Å². The van der Waals surface area contributed by atoms with Gasteiger partial charge in [-0.1, -0.05) is 0 Å². The van der Waals surface area contributed by atoms with Crippen LogP contribution in [0.4, 0.5) is 0 Å². The summed E-state index contributed by atoms with van der Waals surface area (Å²) in [4.78, 5) is 24.8. The quantitative estimate of drug-likeness (QED) is 0.726. The first-order valence-electron chi connectivity index (χ1n) is 6.22. The zero-order valence-corrected chi connectivity index (χ0v) is 11.0. The van der Waals surface area contributed by atoms with Crippen LogP contribution in [0.25, 0.3) is 0 Å². The standard InChI is InChI=1S/C12H23N3O2/c1-9(12(17)15(2)3)14-11(16)7-10-5-4-6-13-8-10/h9-10,13H,4-8H2,1-3H3,(H,14,16). The maximum absolute atomic E-state index is 11.7. The van der Waals surface area contributed by atoms with Crippen LogP contribution in [-0.4, -0.2) is 49.9 Å². The van der Waals surface area contributed by atoms with Crippen molar-refractivity contribution in [3.63, 3.8) is 0 Å². The van der Waals surface area contributed by atoms with Gasteiger partial charge in [0, 0.05) is 20.5 Å². The molecule has 0 aromatic heterocycles. The molecule has 0 saturated carbocycles. The Balaban J connectivity index is 2.30. The van der Waals surface area contributed by atoms with Crippen molar-refractivity contribution in [3.05, 3.63) is 0 Å². The molecule has 2 amide bonds. The molecule has 0 aromatic rings. The Morgan fingerprint density at radius 1 is 1.47 bits per heavy atom. The van der Waals surface area contributed by atoms with E-state index in [-0.39, 0.29) is 11.8 Å². The number of nitrogens with zero attached hydrogens (tertiary/aromatic N) is 1. The minimum atomic E-state index is -0.436. The van der Waals surface area contributed by atoms with Gasteiger partial charge in [0.2, 0.25) is 11.8 Å². The van der Waals surface area contributed by atoms with E-state index in [2.05, 4.69) is 10.6 Å². The van der Waals surface area contributed by atoms with Crippen molar-refractivity contribution in [2.45, 2.75) is 32.2 Å². The summed E-state index contributed by atoms with van der Waals surface area (Å²) in [5.41, 5.74) is 0. The van der Waals surface area contributed by atoms with Gasteiger partial charge in [-0.05, 0) is 38.8 Å². The molecule has 5 heteroatoms. The van der Waals surface area contributed by atoms with Crippen LogP contribution in [0.3, 0.4) is 0 Å². The summed E-state index contributed by atoms with van der Waals surface area (Å²) in [7, 11) is 3.38. The van der Waals surface area contributed by atoms with Crippen LogP contribution < -0.4 is 10.6 Å². The molecule has 2 unspecified atom stereocenters. The number of piperidine rings is 1. The largest absolute Gasteiger partial charge is 0.347 e. The number of nitrogens with one attached hydrogen (secondary N) is 2. The van der Waals surface area contributed by atoms with Crippen molar-refractivity contribution in [1.82, 2.24) is 15.5 Å². The number of carbonyl (C=O) groups excluding carboxylic acids is 2. The molecule has 1 aliphatic heterocycles. The molecule has 0 aromatic carbocycles. The predicted octanol–water partition coefficient (Wildman–Crippen LogP) is -0.0310. The molecule has 1 heterocycles. The van der Waals surface area contributed by atoms with Gasteiger partial charge in [0.15, 0.2) is 0 Å². The molecule has 0 aliphatic carbocycles. The number of hydrogen-bond donors (Lipinski definition) is 2. The Labute approximate surface area is 103 Å². The first-order valence-corrected chi connectivity index (χ1v) is 6.22. The smallest absolute Gasteiger partial charge is 0.244 e. The van der Waals surface area contributed by atoms with Crippen molar-refractivity contribution in [1.29, 1.82) is 0 Å². The molecule has 2 atom stereocenters. The lowest BCUT2D eigenvalue weighted by atomic mass is 9.96. The van der Waals surface area contributed by atoms with Crippen molar-refractivity contribution < 1.29 is 9.59 Å². The van der Waals surface area contributed by atoms with Crippen LogP contribution in [0.1, 0.15) is 26.2 Å². The number of likely N-dealkylation sites (N-methyl/N-ethyl adjacent to an activating group) is 1. The second-order valence-corrected chi connectivity index (χ2v) is 4.94. The van der Waals surface area contributed by atoms with Gasteiger partial charge in [-0.15, -0.1) is 0 Å². The van der Waals surface area contributed by atoms with E-state index in [1.807, 2.05) is 0 Å². The lowest BCUT2D eigenvalue weighted by Crippen LogP contribution is -2.45. The van der Waals surface area contributed by atoms with Crippen molar-refractivity contribution in [2.75, 3.05) is 27.2 Å². The summed E-state index contributed by atoms with van der Waals surface area (Å²) < 4.78 is 0. The molecule has 0 bridgehead atoms. The lowest BCUT2D eigenvalue weighted by Gasteiger charge is -2.23. The normalized spacial score (nSPS) is 21.7. The third kappa shape index (κ3) is 4.73. The fraction of sp³-hybridized carbons (Fsp3) is 0.833. The first-order chi connectivity index (χ1) is 8.00. The maximum atomic E-state index is 11.7. The highest BCUT2D eigenvalue weighted by Gasteiger charge is 2.20. The van der Waals surface area contributed by atoms with Crippen molar-refractivity contribution >= 4 is 11.8 Å². The third-order valence-corrected chi connectivity index (χ3v) is 3.06. The van der Waals surface area contributed by atoms with E-state index in [1.165, 1.54) is 4.90 Å². The summed E-state index contributed by atoms with van der Waals surface area (Å²) in [6.45, 7) is 3.68. The minimum absolute atomic E-state index is 0.0265. The van der Waals surface area contributed by atoms with Gasteiger partial charge in [-0.25, -0.2) is 0 Å². The molecule has 1 saturated heterocycles. The zero-order chi connectivity index (χ0) is 12.8. The molecule has 17 heavy (non-hydrogen) atoms. The molecule has 1 aliphatic rings. The topological polar surface area (TPSA) is 61.4 Å². The Morgan fingerprint density at radius 3 is 2.71 bits per heavy atom.